The molecule has 5 heteroatoms. The van der Waals surface area contributed by atoms with Gasteiger partial charge in [-0.2, -0.15) is 11.3 Å². The number of halogens is 1. The van der Waals surface area contributed by atoms with Crippen molar-refractivity contribution in [2.24, 2.45) is 0 Å². The van der Waals surface area contributed by atoms with Crippen molar-refractivity contribution in [2.45, 2.75) is 6.42 Å². The van der Waals surface area contributed by atoms with Gasteiger partial charge < -0.3 is 9.64 Å². The maximum Gasteiger partial charge on any atom is 0.221 e. The Bertz CT molecular complexity index is 1200. The number of ether oxygens (including phenoxy) is 1. The number of rotatable bonds is 7. The van der Waals surface area contributed by atoms with Gasteiger partial charge in [-0.3, -0.25) is 0 Å². The molecule has 2 aromatic carbocycles. The van der Waals surface area contributed by atoms with E-state index >= 15 is 0 Å². The standard InChI is InChI=1S/C26H25BrN2OS/c1-29(2)13-11-22(19-12-14-31-17-19)25(18-7-5-4-6-8-18)23-16-20-15-21(27)9-10-24(20)28-26(23)30-3/h4-10,12,14-17H,11,13H2,1-3H3/b25-22-. The highest BCUT2D eigenvalue weighted by Crippen LogP contribution is 2.40. The predicted molar refractivity (Wildman–Crippen MR) is 136 cm³/mol. The molecule has 0 atom stereocenters. The molecular weight excluding hydrogens is 468 g/mol. The van der Waals surface area contributed by atoms with E-state index in [2.05, 4.69) is 94.2 Å². The van der Waals surface area contributed by atoms with Crippen LogP contribution in [0.1, 0.15) is 23.1 Å². The van der Waals surface area contributed by atoms with Crippen molar-refractivity contribution in [2.75, 3.05) is 27.7 Å². The van der Waals surface area contributed by atoms with Gasteiger partial charge in [-0.25, -0.2) is 4.98 Å². The Morgan fingerprint density at radius 2 is 1.84 bits per heavy atom. The van der Waals surface area contributed by atoms with Crippen molar-refractivity contribution in [3.63, 3.8) is 0 Å². The molecule has 158 valence electrons. The third-order valence-electron chi connectivity index (χ3n) is 5.25. The Kier molecular flexibility index (Phi) is 6.86. The van der Waals surface area contributed by atoms with E-state index < -0.39 is 0 Å². The lowest BCUT2D eigenvalue weighted by Gasteiger charge is -2.20. The van der Waals surface area contributed by atoms with Crippen LogP contribution < -0.4 is 4.74 Å². The zero-order valence-corrected chi connectivity index (χ0v) is 20.3. The molecular formula is C26H25BrN2OS. The average molecular weight is 493 g/mol. The van der Waals surface area contributed by atoms with Crippen molar-refractivity contribution in [1.29, 1.82) is 0 Å². The lowest BCUT2D eigenvalue weighted by Crippen LogP contribution is -2.14. The Morgan fingerprint density at radius 1 is 1.03 bits per heavy atom. The summed E-state index contributed by atoms with van der Waals surface area (Å²) >= 11 is 5.32. The molecule has 0 aliphatic carbocycles. The third kappa shape index (κ3) is 4.90. The van der Waals surface area contributed by atoms with Crippen molar-refractivity contribution < 1.29 is 4.74 Å². The highest BCUT2D eigenvalue weighted by molar-refractivity contribution is 9.10. The molecule has 0 bridgehead atoms. The van der Waals surface area contributed by atoms with E-state index in [1.54, 1.807) is 18.4 Å². The van der Waals surface area contributed by atoms with Crippen LogP contribution in [0, 0.1) is 0 Å². The van der Waals surface area contributed by atoms with Crippen LogP contribution in [0.5, 0.6) is 5.88 Å². The summed E-state index contributed by atoms with van der Waals surface area (Å²) in [5.41, 5.74) is 6.82. The number of pyridine rings is 1. The molecule has 0 saturated heterocycles. The van der Waals surface area contributed by atoms with Crippen LogP contribution in [0.15, 0.2) is 75.9 Å². The second-order valence-corrected chi connectivity index (χ2v) is 9.36. The summed E-state index contributed by atoms with van der Waals surface area (Å²) in [5, 5.41) is 5.45. The zero-order valence-electron chi connectivity index (χ0n) is 17.9. The van der Waals surface area contributed by atoms with Gasteiger partial charge in [0.2, 0.25) is 5.88 Å². The summed E-state index contributed by atoms with van der Waals surface area (Å²) in [7, 11) is 5.93. The lowest BCUT2D eigenvalue weighted by atomic mass is 9.88. The summed E-state index contributed by atoms with van der Waals surface area (Å²) in [6, 6.07) is 21.1. The van der Waals surface area contributed by atoms with E-state index in [0.717, 1.165) is 39.5 Å². The number of benzene rings is 2. The molecule has 0 spiro atoms. The number of hydrogen-bond donors (Lipinski definition) is 0. The van der Waals surface area contributed by atoms with Gasteiger partial charge in [0, 0.05) is 22.0 Å². The van der Waals surface area contributed by atoms with E-state index in [0.29, 0.717) is 5.88 Å². The lowest BCUT2D eigenvalue weighted by molar-refractivity contribution is 0.398. The normalized spacial score (nSPS) is 12.3. The fourth-order valence-electron chi connectivity index (χ4n) is 3.75. The SMILES string of the molecule is COc1nc2ccc(Br)cc2cc1/C(=C(/CCN(C)C)c1ccsc1)c1ccccc1. The van der Waals surface area contributed by atoms with E-state index in [1.807, 2.05) is 12.1 Å². The topological polar surface area (TPSA) is 25.4 Å². The van der Waals surface area contributed by atoms with Crippen LogP contribution in [0.2, 0.25) is 0 Å². The van der Waals surface area contributed by atoms with Crippen molar-refractivity contribution in [1.82, 2.24) is 9.88 Å². The molecule has 0 saturated carbocycles. The quantitative estimate of drug-likeness (QED) is 0.278. The summed E-state index contributed by atoms with van der Waals surface area (Å²) in [5.74, 6) is 0.645. The molecule has 0 aliphatic rings. The first kappa shape index (κ1) is 21.8. The van der Waals surface area contributed by atoms with Crippen molar-refractivity contribution >= 4 is 49.3 Å². The van der Waals surface area contributed by atoms with E-state index in [1.165, 1.54) is 16.7 Å². The molecule has 0 aliphatic heterocycles. The van der Waals surface area contributed by atoms with Gasteiger partial charge >= 0.3 is 0 Å². The molecule has 0 amide bonds. The predicted octanol–water partition coefficient (Wildman–Crippen LogP) is 6.98. The molecule has 0 radical (unpaired) electrons. The minimum absolute atomic E-state index is 0.645. The monoisotopic (exact) mass is 492 g/mol. The summed E-state index contributed by atoms with van der Waals surface area (Å²) < 4.78 is 6.85. The van der Waals surface area contributed by atoms with E-state index in [9.17, 15) is 0 Å². The minimum Gasteiger partial charge on any atom is -0.481 e. The van der Waals surface area contributed by atoms with E-state index in [4.69, 9.17) is 9.72 Å². The third-order valence-corrected chi connectivity index (χ3v) is 6.42. The molecule has 4 aromatic rings. The summed E-state index contributed by atoms with van der Waals surface area (Å²) in [6.45, 7) is 0.955. The van der Waals surface area contributed by atoms with Crippen LogP contribution in [-0.4, -0.2) is 37.6 Å². The number of methoxy groups -OCH3 is 1. The van der Waals surface area contributed by atoms with Gasteiger partial charge in [-0.1, -0.05) is 46.3 Å². The zero-order chi connectivity index (χ0) is 21.8. The second-order valence-electron chi connectivity index (χ2n) is 7.67. The number of thiophene rings is 1. The van der Waals surface area contributed by atoms with E-state index in [-0.39, 0.29) is 0 Å². The largest absolute Gasteiger partial charge is 0.481 e. The van der Waals surface area contributed by atoms with Gasteiger partial charge in [-0.15, -0.1) is 0 Å². The Balaban J connectivity index is 2.05. The van der Waals surface area contributed by atoms with Crippen LogP contribution in [0.25, 0.3) is 22.0 Å². The molecule has 2 aromatic heterocycles. The molecule has 0 unspecified atom stereocenters. The van der Waals surface area contributed by atoms with Crippen LogP contribution >= 0.6 is 27.3 Å². The molecule has 3 nitrogen and oxygen atoms in total. The number of hydrogen-bond acceptors (Lipinski definition) is 4. The highest BCUT2D eigenvalue weighted by atomic mass is 79.9. The molecule has 0 fully saturated rings. The first-order chi connectivity index (χ1) is 15.1. The van der Waals surface area contributed by atoms with Crippen LogP contribution in [0.4, 0.5) is 0 Å². The number of nitrogens with zero attached hydrogens (tertiary/aromatic N) is 2. The Labute approximate surface area is 196 Å². The maximum absolute atomic E-state index is 5.81. The molecule has 4 rings (SSSR count). The number of aromatic nitrogens is 1. The van der Waals surface area contributed by atoms with Gasteiger partial charge in [0.15, 0.2) is 0 Å². The smallest absolute Gasteiger partial charge is 0.221 e. The minimum atomic E-state index is 0.645. The van der Waals surface area contributed by atoms with Gasteiger partial charge in [-0.05, 0) is 83.9 Å². The maximum atomic E-state index is 5.81. The Morgan fingerprint density at radius 3 is 2.52 bits per heavy atom. The highest BCUT2D eigenvalue weighted by Gasteiger charge is 2.20. The van der Waals surface area contributed by atoms with Crippen molar-refractivity contribution in [3.05, 3.63) is 92.6 Å². The van der Waals surface area contributed by atoms with Gasteiger partial charge in [0.1, 0.15) is 0 Å². The first-order valence-electron chi connectivity index (χ1n) is 10.2. The summed E-state index contributed by atoms with van der Waals surface area (Å²) in [4.78, 5) is 7.08. The fraction of sp³-hybridized carbons (Fsp3) is 0.192. The second kappa shape index (κ2) is 9.77. The molecule has 2 heterocycles. The summed E-state index contributed by atoms with van der Waals surface area (Å²) in [6.07, 6.45) is 0.924. The molecule has 31 heavy (non-hydrogen) atoms. The van der Waals surface area contributed by atoms with Crippen LogP contribution in [0.3, 0.4) is 0 Å². The fourth-order valence-corrected chi connectivity index (χ4v) is 4.80. The Hall–Kier alpha value is -2.47. The number of fused-ring (bicyclic) bond motifs is 1. The van der Waals surface area contributed by atoms with Crippen LogP contribution in [-0.2, 0) is 0 Å². The first-order valence-corrected chi connectivity index (χ1v) is 11.9. The molecule has 0 N–H and O–H groups in total. The van der Waals surface area contributed by atoms with Gasteiger partial charge in [0.05, 0.1) is 12.6 Å². The van der Waals surface area contributed by atoms with Crippen molar-refractivity contribution in [3.8, 4) is 5.88 Å². The van der Waals surface area contributed by atoms with Gasteiger partial charge in [0.25, 0.3) is 0 Å². The average Bonchev–Trinajstić information content (AvgIpc) is 3.31.